The number of aliphatic hydroxyl groups excluding tert-OH is 1. The SMILES string of the molecule is CCC(CC)(CO)NCc1ccc(Cl)cc1F. The van der Waals surface area contributed by atoms with Gasteiger partial charge < -0.3 is 10.4 Å². The molecule has 0 aromatic heterocycles. The fourth-order valence-electron chi connectivity index (χ4n) is 1.73. The molecule has 0 atom stereocenters. The summed E-state index contributed by atoms with van der Waals surface area (Å²) in [5, 5.41) is 13.0. The highest BCUT2D eigenvalue weighted by Crippen LogP contribution is 2.18. The lowest BCUT2D eigenvalue weighted by molar-refractivity contribution is 0.149. The summed E-state index contributed by atoms with van der Waals surface area (Å²) in [7, 11) is 0. The Morgan fingerprint density at radius 2 is 2.00 bits per heavy atom. The van der Waals surface area contributed by atoms with Crippen LogP contribution in [-0.4, -0.2) is 17.3 Å². The standard InChI is InChI=1S/C13H19ClFNO/c1-3-13(4-2,9-17)16-8-10-5-6-11(14)7-12(10)15/h5-7,16-17H,3-4,8-9H2,1-2H3. The summed E-state index contributed by atoms with van der Waals surface area (Å²) in [5.74, 6) is -0.316. The van der Waals surface area contributed by atoms with Crippen molar-refractivity contribution in [2.75, 3.05) is 6.61 Å². The largest absolute Gasteiger partial charge is 0.394 e. The van der Waals surface area contributed by atoms with E-state index in [0.717, 1.165) is 12.8 Å². The van der Waals surface area contributed by atoms with Crippen LogP contribution >= 0.6 is 11.6 Å². The Balaban J connectivity index is 2.72. The molecule has 0 aliphatic rings. The zero-order valence-electron chi connectivity index (χ0n) is 10.3. The fraction of sp³-hybridized carbons (Fsp3) is 0.538. The number of halogens is 2. The second-order valence-electron chi connectivity index (χ2n) is 4.23. The molecule has 2 nitrogen and oxygen atoms in total. The third kappa shape index (κ3) is 3.66. The Kier molecular flexibility index (Phi) is 5.37. The maximum Gasteiger partial charge on any atom is 0.129 e. The van der Waals surface area contributed by atoms with E-state index in [4.69, 9.17) is 11.6 Å². The molecular formula is C13H19ClFNO. The van der Waals surface area contributed by atoms with E-state index in [2.05, 4.69) is 5.32 Å². The molecule has 0 saturated heterocycles. The van der Waals surface area contributed by atoms with E-state index < -0.39 is 0 Å². The first-order valence-corrected chi connectivity index (χ1v) is 6.24. The lowest BCUT2D eigenvalue weighted by Crippen LogP contribution is -2.47. The predicted octanol–water partition coefficient (Wildman–Crippen LogP) is 3.12. The third-order valence-electron chi connectivity index (χ3n) is 3.33. The van der Waals surface area contributed by atoms with Gasteiger partial charge in [-0.25, -0.2) is 4.39 Å². The molecule has 0 amide bonds. The quantitative estimate of drug-likeness (QED) is 0.823. The van der Waals surface area contributed by atoms with E-state index in [1.165, 1.54) is 6.07 Å². The molecule has 17 heavy (non-hydrogen) atoms. The van der Waals surface area contributed by atoms with Crippen LogP contribution < -0.4 is 5.32 Å². The summed E-state index contributed by atoms with van der Waals surface area (Å²) in [6.45, 7) is 4.45. The first kappa shape index (κ1) is 14.4. The van der Waals surface area contributed by atoms with Gasteiger partial charge in [-0.3, -0.25) is 0 Å². The zero-order valence-corrected chi connectivity index (χ0v) is 11.0. The minimum Gasteiger partial charge on any atom is -0.394 e. The minimum absolute atomic E-state index is 0.0508. The van der Waals surface area contributed by atoms with Crippen LogP contribution in [0.5, 0.6) is 0 Å². The van der Waals surface area contributed by atoms with Crippen LogP contribution in [0.3, 0.4) is 0 Å². The molecule has 1 aromatic rings. The Morgan fingerprint density at radius 3 is 2.47 bits per heavy atom. The molecule has 0 radical (unpaired) electrons. The van der Waals surface area contributed by atoms with Gasteiger partial charge >= 0.3 is 0 Å². The first-order chi connectivity index (χ1) is 8.06. The normalized spacial score (nSPS) is 11.8. The molecule has 0 aliphatic heterocycles. The number of benzene rings is 1. The van der Waals surface area contributed by atoms with Gasteiger partial charge in [0.15, 0.2) is 0 Å². The summed E-state index contributed by atoms with van der Waals surface area (Å²) in [6, 6.07) is 4.63. The van der Waals surface area contributed by atoms with Crippen molar-refractivity contribution in [3.05, 3.63) is 34.6 Å². The molecule has 0 bridgehead atoms. The smallest absolute Gasteiger partial charge is 0.129 e. The number of hydrogen-bond acceptors (Lipinski definition) is 2. The van der Waals surface area contributed by atoms with E-state index in [1.54, 1.807) is 12.1 Å². The average Bonchev–Trinajstić information content (AvgIpc) is 2.33. The van der Waals surface area contributed by atoms with Gasteiger partial charge in [0.1, 0.15) is 5.82 Å². The maximum atomic E-state index is 13.6. The van der Waals surface area contributed by atoms with Crippen LogP contribution in [0.2, 0.25) is 5.02 Å². The van der Waals surface area contributed by atoms with E-state index in [9.17, 15) is 9.50 Å². The summed E-state index contributed by atoms with van der Waals surface area (Å²) in [4.78, 5) is 0. The molecule has 4 heteroatoms. The van der Waals surface area contributed by atoms with Crippen LogP contribution in [-0.2, 0) is 6.54 Å². The summed E-state index contributed by atoms with van der Waals surface area (Å²) in [5.41, 5.74) is 0.237. The summed E-state index contributed by atoms with van der Waals surface area (Å²) < 4.78 is 13.6. The van der Waals surface area contributed by atoms with Crippen molar-refractivity contribution in [3.63, 3.8) is 0 Å². The fourth-order valence-corrected chi connectivity index (χ4v) is 1.89. The van der Waals surface area contributed by atoms with Crippen molar-refractivity contribution in [2.24, 2.45) is 0 Å². The van der Waals surface area contributed by atoms with E-state index in [-0.39, 0.29) is 18.0 Å². The van der Waals surface area contributed by atoms with E-state index >= 15 is 0 Å². The molecule has 0 fully saturated rings. The van der Waals surface area contributed by atoms with Gasteiger partial charge in [-0.05, 0) is 25.0 Å². The Hall–Kier alpha value is -0.640. The topological polar surface area (TPSA) is 32.3 Å². The molecule has 2 N–H and O–H groups in total. The zero-order chi connectivity index (χ0) is 12.9. The van der Waals surface area contributed by atoms with Crippen molar-refractivity contribution >= 4 is 11.6 Å². The summed E-state index contributed by atoms with van der Waals surface area (Å²) in [6.07, 6.45) is 1.60. The monoisotopic (exact) mass is 259 g/mol. The van der Waals surface area contributed by atoms with Crippen LogP contribution in [0, 0.1) is 5.82 Å². The van der Waals surface area contributed by atoms with Crippen molar-refractivity contribution in [3.8, 4) is 0 Å². The van der Waals surface area contributed by atoms with E-state index in [1.807, 2.05) is 13.8 Å². The van der Waals surface area contributed by atoms with Gasteiger partial charge in [0, 0.05) is 22.7 Å². The Labute approximate surface area is 107 Å². The van der Waals surface area contributed by atoms with Crippen LogP contribution in [0.1, 0.15) is 32.3 Å². The third-order valence-corrected chi connectivity index (χ3v) is 3.56. The molecule has 1 aromatic carbocycles. The lowest BCUT2D eigenvalue weighted by atomic mass is 9.93. The van der Waals surface area contributed by atoms with Crippen molar-refractivity contribution in [2.45, 2.75) is 38.8 Å². The van der Waals surface area contributed by atoms with Gasteiger partial charge in [-0.15, -0.1) is 0 Å². The molecule has 0 saturated carbocycles. The number of aliphatic hydroxyl groups is 1. The predicted molar refractivity (Wildman–Crippen MR) is 68.6 cm³/mol. The Bertz CT molecular complexity index is 358. The average molecular weight is 260 g/mol. The van der Waals surface area contributed by atoms with Gasteiger partial charge in [0.2, 0.25) is 0 Å². The molecule has 0 unspecified atom stereocenters. The van der Waals surface area contributed by atoms with Gasteiger partial charge in [-0.1, -0.05) is 31.5 Å². The van der Waals surface area contributed by atoms with Crippen LogP contribution in [0.25, 0.3) is 0 Å². The van der Waals surface area contributed by atoms with Crippen molar-refractivity contribution in [1.82, 2.24) is 5.32 Å². The molecule has 96 valence electrons. The van der Waals surface area contributed by atoms with E-state index in [0.29, 0.717) is 17.1 Å². The highest BCUT2D eigenvalue weighted by atomic mass is 35.5. The van der Waals surface area contributed by atoms with Gasteiger partial charge in [0.05, 0.1) is 6.61 Å². The molecular weight excluding hydrogens is 241 g/mol. The minimum atomic E-state index is -0.327. The molecule has 0 spiro atoms. The second-order valence-corrected chi connectivity index (χ2v) is 4.67. The van der Waals surface area contributed by atoms with Crippen LogP contribution in [0.15, 0.2) is 18.2 Å². The lowest BCUT2D eigenvalue weighted by Gasteiger charge is -2.31. The second kappa shape index (κ2) is 6.34. The molecule has 0 aliphatic carbocycles. The first-order valence-electron chi connectivity index (χ1n) is 5.86. The summed E-state index contributed by atoms with van der Waals surface area (Å²) >= 11 is 5.69. The maximum absolute atomic E-state index is 13.6. The van der Waals surface area contributed by atoms with Gasteiger partial charge in [-0.2, -0.15) is 0 Å². The van der Waals surface area contributed by atoms with Crippen molar-refractivity contribution in [1.29, 1.82) is 0 Å². The highest BCUT2D eigenvalue weighted by molar-refractivity contribution is 6.30. The molecule has 1 rings (SSSR count). The van der Waals surface area contributed by atoms with Crippen molar-refractivity contribution < 1.29 is 9.50 Å². The number of hydrogen-bond donors (Lipinski definition) is 2. The van der Waals surface area contributed by atoms with Gasteiger partial charge in [0.25, 0.3) is 0 Å². The number of rotatable bonds is 6. The van der Waals surface area contributed by atoms with Crippen LogP contribution in [0.4, 0.5) is 4.39 Å². The number of nitrogens with one attached hydrogen (secondary N) is 1. The Morgan fingerprint density at radius 1 is 1.35 bits per heavy atom. The highest BCUT2D eigenvalue weighted by Gasteiger charge is 2.24. The molecule has 0 heterocycles.